The molecule has 0 bridgehead atoms. The van der Waals surface area contributed by atoms with Crippen LogP contribution in [0.25, 0.3) is 11.0 Å². The van der Waals surface area contributed by atoms with Gasteiger partial charge in [-0.2, -0.15) is 4.98 Å². The summed E-state index contributed by atoms with van der Waals surface area (Å²) in [4.78, 5) is 31.0. The van der Waals surface area contributed by atoms with Crippen molar-refractivity contribution in [2.75, 3.05) is 45.6 Å². The molecule has 0 aromatic carbocycles. The number of likely N-dealkylation sites (tertiary alicyclic amines) is 1. The number of fused-ring (bicyclic) bond motifs is 1. The molecule has 2 saturated heterocycles. The van der Waals surface area contributed by atoms with Crippen molar-refractivity contribution in [2.45, 2.75) is 43.7 Å². The first-order valence-electron chi connectivity index (χ1n) is 12.3. The van der Waals surface area contributed by atoms with Gasteiger partial charge in [0.15, 0.2) is 0 Å². The lowest BCUT2D eigenvalue weighted by molar-refractivity contribution is 0.0612. The van der Waals surface area contributed by atoms with Gasteiger partial charge in [0.05, 0.1) is 0 Å². The lowest BCUT2D eigenvalue weighted by Gasteiger charge is -2.48. The predicted molar refractivity (Wildman–Crippen MR) is 132 cm³/mol. The Hall–Kier alpha value is -3.04. The molecule has 0 radical (unpaired) electrons. The van der Waals surface area contributed by atoms with Crippen molar-refractivity contribution >= 4 is 28.7 Å². The molecule has 1 amide bonds. The minimum Gasteiger partial charge on any atom is -0.343 e. The van der Waals surface area contributed by atoms with E-state index in [-0.39, 0.29) is 5.91 Å². The smallest absolute Gasteiger partial charge is 0.270 e. The van der Waals surface area contributed by atoms with Crippen LogP contribution in [-0.4, -0.2) is 81.5 Å². The molecular weight excluding hydrogens is 428 g/mol. The van der Waals surface area contributed by atoms with Crippen LogP contribution in [0.2, 0.25) is 0 Å². The first-order chi connectivity index (χ1) is 16.6. The summed E-state index contributed by atoms with van der Waals surface area (Å²) in [6, 6.07) is 7.11. The Balaban J connectivity index is 1.22. The van der Waals surface area contributed by atoms with E-state index in [1.165, 1.54) is 18.4 Å². The Morgan fingerprint density at radius 2 is 1.88 bits per heavy atom. The summed E-state index contributed by atoms with van der Waals surface area (Å²) in [6.07, 6.45) is 8.28. The zero-order chi connectivity index (χ0) is 23.2. The number of nitrogens with one attached hydrogen (secondary N) is 2. The van der Waals surface area contributed by atoms with Crippen LogP contribution >= 0.6 is 0 Å². The molecular formula is C25H32N8O. The standard InChI is InChI=1S/C25H32N8O/c1-31(2)24(34)21-9-17-11-28-25(30-23(17)33(21)19-5-3-4-6-19)29-22-8-7-16(10-27-22)18-14-32(15-18)20-12-26-13-20/h7-11,18-20,26H,3-6,12-15H2,1-2H3,(H,27,28,29,30). The molecule has 9 heteroatoms. The number of aromatic nitrogens is 4. The van der Waals surface area contributed by atoms with Crippen molar-refractivity contribution in [3.8, 4) is 0 Å². The number of anilines is 2. The van der Waals surface area contributed by atoms with Gasteiger partial charge >= 0.3 is 0 Å². The maximum atomic E-state index is 12.9. The van der Waals surface area contributed by atoms with Crippen molar-refractivity contribution < 1.29 is 4.79 Å². The lowest BCUT2D eigenvalue weighted by atomic mass is 9.90. The normalized spacial score (nSPS) is 19.8. The molecule has 3 aromatic heterocycles. The number of hydrogen-bond acceptors (Lipinski definition) is 7. The van der Waals surface area contributed by atoms with Gasteiger partial charge in [0.25, 0.3) is 5.91 Å². The molecule has 6 rings (SSSR count). The first kappa shape index (κ1) is 21.5. The molecule has 2 aliphatic heterocycles. The topological polar surface area (TPSA) is 91.2 Å². The molecule has 2 N–H and O–H groups in total. The molecule has 0 unspecified atom stereocenters. The summed E-state index contributed by atoms with van der Waals surface area (Å²) in [5.41, 5.74) is 2.78. The molecule has 3 aliphatic rings. The van der Waals surface area contributed by atoms with Gasteiger partial charge in [0, 0.05) is 76.1 Å². The SMILES string of the molecule is CN(C)C(=O)c1cc2cnc(Nc3ccc(C4CN(C5CNC5)C4)cn3)nc2n1C1CCCC1. The summed E-state index contributed by atoms with van der Waals surface area (Å²) in [7, 11) is 3.58. The van der Waals surface area contributed by atoms with Gasteiger partial charge in [-0.25, -0.2) is 9.97 Å². The molecule has 3 fully saturated rings. The molecule has 0 atom stereocenters. The van der Waals surface area contributed by atoms with Crippen LogP contribution in [0, 0.1) is 0 Å². The largest absolute Gasteiger partial charge is 0.343 e. The second-order valence-electron chi connectivity index (χ2n) is 10.1. The van der Waals surface area contributed by atoms with Gasteiger partial charge in [-0.15, -0.1) is 0 Å². The lowest BCUT2D eigenvalue weighted by Crippen LogP contribution is -2.63. The zero-order valence-electron chi connectivity index (χ0n) is 19.9. The zero-order valence-corrected chi connectivity index (χ0v) is 19.9. The fraction of sp³-hybridized carbons (Fsp3) is 0.520. The molecule has 34 heavy (non-hydrogen) atoms. The second-order valence-corrected chi connectivity index (χ2v) is 10.1. The minimum atomic E-state index is -0.000189. The Morgan fingerprint density at radius 3 is 2.53 bits per heavy atom. The number of amides is 1. The van der Waals surface area contributed by atoms with Crippen LogP contribution in [0.15, 0.2) is 30.6 Å². The Morgan fingerprint density at radius 1 is 1.09 bits per heavy atom. The molecule has 0 spiro atoms. The van der Waals surface area contributed by atoms with Gasteiger partial charge < -0.3 is 20.1 Å². The summed E-state index contributed by atoms with van der Waals surface area (Å²) < 4.78 is 2.13. The first-order valence-corrected chi connectivity index (χ1v) is 12.3. The summed E-state index contributed by atoms with van der Waals surface area (Å²) in [6.45, 7) is 4.47. The van der Waals surface area contributed by atoms with Crippen molar-refractivity contribution in [3.05, 3.63) is 41.9 Å². The quantitative estimate of drug-likeness (QED) is 0.584. The van der Waals surface area contributed by atoms with Crippen molar-refractivity contribution in [1.82, 2.24) is 34.6 Å². The fourth-order valence-electron chi connectivity index (χ4n) is 5.38. The van der Waals surface area contributed by atoms with E-state index < -0.39 is 0 Å². The monoisotopic (exact) mass is 460 g/mol. The third-order valence-electron chi connectivity index (χ3n) is 7.57. The van der Waals surface area contributed by atoms with Crippen molar-refractivity contribution in [2.24, 2.45) is 0 Å². The summed E-state index contributed by atoms with van der Waals surface area (Å²) in [5.74, 6) is 1.80. The third kappa shape index (κ3) is 3.82. The second kappa shape index (κ2) is 8.63. The molecule has 178 valence electrons. The van der Waals surface area contributed by atoms with E-state index in [0.717, 1.165) is 55.9 Å². The number of rotatable bonds is 6. The van der Waals surface area contributed by atoms with E-state index in [4.69, 9.17) is 4.98 Å². The van der Waals surface area contributed by atoms with Crippen LogP contribution in [-0.2, 0) is 0 Å². The average molecular weight is 461 g/mol. The van der Waals surface area contributed by atoms with Crippen molar-refractivity contribution in [3.63, 3.8) is 0 Å². The predicted octanol–water partition coefficient (Wildman–Crippen LogP) is 2.76. The maximum Gasteiger partial charge on any atom is 0.270 e. The Labute approximate surface area is 199 Å². The minimum absolute atomic E-state index is 0.000189. The van der Waals surface area contributed by atoms with Gasteiger partial charge in [-0.05, 0) is 30.5 Å². The van der Waals surface area contributed by atoms with Crippen LogP contribution in [0.1, 0.15) is 53.7 Å². The molecule has 1 aliphatic carbocycles. The van der Waals surface area contributed by atoms with Crippen molar-refractivity contribution in [1.29, 1.82) is 0 Å². The maximum absolute atomic E-state index is 12.9. The van der Waals surface area contributed by atoms with Crippen LogP contribution in [0.3, 0.4) is 0 Å². The highest BCUT2D eigenvalue weighted by Gasteiger charge is 2.35. The Bertz CT molecular complexity index is 1190. The van der Waals surface area contributed by atoms with E-state index in [1.807, 2.05) is 18.3 Å². The van der Waals surface area contributed by atoms with Crippen LogP contribution < -0.4 is 10.6 Å². The van der Waals surface area contributed by atoms with Gasteiger partial charge in [0.2, 0.25) is 5.95 Å². The van der Waals surface area contributed by atoms with Gasteiger partial charge in [-0.1, -0.05) is 18.9 Å². The van der Waals surface area contributed by atoms with Gasteiger partial charge in [0.1, 0.15) is 17.2 Å². The summed E-state index contributed by atoms with van der Waals surface area (Å²) in [5, 5.41) is 7.50. The van der Waals surface area contributed by atoms with E-state index in [1.54, 1.807) is 25.2 Å². The van der Waals surface area contributed by atoms with Crippen LogP contribution in [0.4, 0.5) is 11.8 Å². The van der Waals surface area contributed by atoms with E-state index in [9.17, 15) is 4.79 Å². The highest BCUT2D eigenvalue weighted by molar-refractivity contribution is 5.97. The number of hydrogen-bond donors (Lipinski definition) is 2. The van der Waals surface area contributed by atoms with E-state index >= 15 is 0 Å². The van der Waals surface area contributed by atoms with Crippen LogP contribution in [0.5, 0.6) is 0 Å². The highest BCUT2D eigenvalue weighted by Crippen LogP contribution is 2.35. The number of carbonyl (C=O) groups is 1. The third-order valence-corrected chi connectivity index (χ3v) is 7.57. The number of carbonyl (C=O) groups excluding carboxylic acids is 1. The number of pyridine rings is 1. The molecule has 9 nitrogen and oxygen atoms in total. The molecule has 1 saturated carbocycles. The molecule has 3 aromatic rings. The number of nitrogens with zero attached hydrogens (tertiary/aromatic N) is 6. The highest BCUT2D eigenvalue weighted by atomic mass is 16.2. The van der Waals surface area contributed by atoms with E-state index in [2.05, 4.69) is 36.1 Å². The Kier molecular flexibility index (Phi) is 5.45. The molecule has 5 heterocycles. The average Bonchev–Trinajstić information content (AvgIpc) is 3.42. The van der Waals surface area contributed by atoms with E-state index in [0.29, 0.717) is 29.6 Å². The fourth-order valence-corrected chi connectivity index (χ4v) is 5.38. The summed E-state index contributed by atoms with van der Waals surface area (Å²) >= 11 is 0. The van der Waals surface area contributed by atoms with Gasteiger partial charge in [-0.3, -0.25) is 9.69 Å².